The van der Waals surface area contributed by atoms with Crippen molar-refractivity contribution in [2.75, 3.05) is 0 Å². The maximum Gasteiger partial charge on any atom is 0.461 e. The van der Waals surface area contributed by atoms with E-state index in [0.29, 0.717) is 11.7 Å². The zero-order chi connectivity index (χ0) is 14.7. The first kappa shape index (κ1) is 14.2. The van der Waals surface area contributed by atoms with Crippen LogP contribution in [-0.4, -0.2) is 18.3 Å². The summed E-state index contributed by atoms with van der Waals surface area (Å²) >= 11 is 0. The number of aryl methyl sites for hydroxylation is 2. The van der Waals surface area contributed by atoms with Gasteiger partial charge in [0.2, 0.25) is 0 Å². The average Bonchev–Trinajstić information content (AvgIpc) is 3.02. The minimum absolute atomic E-state index is 0.0518. The topological polar surface area (TPSA) is 18.5 Å². The highest BCUT2D eigenvalue weighted by atomic mass is 16.7. The maximum absolute atomic E-state index is 6.20. The summed E-state index contributed by atoms with van der Waals surface area (Å²) in [6.45, 7) is 12.9. The van der Waals surface area contributed by atoms with E-state index >= 15 is 0 Å². The van der Waals surface area contributed by atoms with E-state index in [0.717, 1.165) is 0 Å². The highest BCUT2D eigenvalue weighted by Gasteiger charge is 2.60. The predicted octanol–water partition coefficient (Wildman–Crippen LogP) is 4.25. The van der Waals surface area contributed by atoms with Crippen molar-refractivity contribution >= 4 is 7.12 Å². The van der Waals surface area contributed by atoms with Crippen LogP contribution in [0.5, 0.6) is 0 Å². The molecule has 1 saturated carbocycles. The van der Waals surface area contributed by atoms with Gasteiger partial charge in [0.15, 0.2) is 0 Å². The molecule has 0 N–H and O–H groups in total. The van der Waals surface area contributed by atoms with E-state index in [1.807, 2.05) is 0 Å². The van der Waals surface area contributed by atoms with Crippen molar-refractivity contribution in [1.82, 2.24) is 0 Å². The number of hydrogen-bond acceptors (Lipinski definition) is 2. The van der Waals surface area contributed by atoms with Gasteiger partial charge in [0.25, 0.3) is 0 Å². The van der Waals surface area contributed by atoms with Crippen molar-refractivity contribution in [3.8, 4) is 0 Å². The summed E-state index contributed by atoms with van der Waals surface area (Å²) in [6, 6.07) is 6.56. The fourth-order valence-electron chi connectivity index (χ4n) is 3.32. The Morgan fingerprint density at radius 2 is 1.50 bits per heavy atom. The summed E-state index contributed by atoms with van der Waals surface area (Å²) in [7, 11) is -0.0518. The molecule has 2 fully saturated rings. The van der Waals surface area contributed by atoms with Crippen LogP contribution in [0.25, 0.3) is 0 Å². The van der Waals surface area contributed by atoms with E-state index in [2.05, 4.69) is 59.7 Å². The molecule has 0 unspecified atom stereocenters. The van der Waals surface area contributed by atoms with E-state index in [1.165, 1.54) is 23.1 Å². The molecule has 2 aliphatic rings. The van der Waals surface area contributed by atoms with Gasteiger partial charge in [-0.05, 0) is 70.6 Å². The summed E-state index contributed by atoms with van der Waals surface area (Å²) < 4.78 is 12.4. The smallest absolute Gasteiger partial charge is 0.403 e. The van der Waals surface area contributed by atoms with Crippen LogP contribution in [0, 0.1) is 13.8 Å². The molecular formula is C17H25BO2. The van der Waals surface area contributed by atoms with Gasteiger partial charge in [0.1, 0.15) is 0 Å². The molecule has 0 amide bonds. The standard InChI is InChI=1S/C17H25BO2/c1-11-8-7-9-12(2)15(11)13-10-14(13)18-19-16(3,4)17(5,6)20-18/h7-9,13-14H,10H2,1-6H3/t13-,14-/m0/s1. The zero-order valence-electron chi connectivity index (χ0n) is 13.5. The van der Waals surface area contributed by atoms with Crippen LogP contribution in [0.3, 0.4) is 0 Å². The Balaban J connectivity index is 1.78. The third-order valence-electron chi connectivity index (χ3n) is 5.37. The van der Waals surface area contributed by atoms with E-state index < -0.39 is 0 Å². The van der Waals surface area contributed by atoms with Crippen LogP contribution in [0.4, 0.5) is 0 Å². The third-order valence-corrected chi connectivity index (χ3v) is 5.37. The highest BCUT2D eigenvalue weighted by Crippen LogP contribution is 2.59. The Labute approximate surface area is 123 Å². The Bertz CT molecular complexity index is 500. The average molecular weight is 272 g/mol. The third kappa shape index (κ3) is 2.12. The largest absolute Gasteiger partial charge is 0.461 e. The quantitative estimate of drug-likeness (QED) is 0.749. The van der Waals surface area contributed by atoms with Gasteiger partial charge in [-0.15, -0.1) is 0 Å². The minimum atomic E-state index is -0.217. The van der Waals surface area contributed by atoms with Crippen LogP contribution < -0.4 is 0 Å². The second-order valence-electron chi connectivity index (χ2n) is 7.44. The first-order valence-corrected chi connectivity index (χ1v) is 7.65. The van der Waals surface area contributed by atoms with Gasteiger partial charge < -0.3 is 9.31 Å². The van der Waals surface area contributed by atoms with Gasteiger partial charge in [0.05, 0.1) is 11.2 Å². The summed E-state index contributed by atoms with van der Waals surface area (Å²) in [4.78, 5) is 0. The molecule has 20 heavy (non-hydrogen) atoms. The number of hydrogen-bond donors (Lipinski definition) is 0. The lowest BCUT2D eigenvalue weighted by molar-refractivity contribution is 0.00578. The SMILES string of the molecule is Cc1cccc(C)c1[C@H]1C[C@@H]1B1OC(C)(C)C(C)(C)O1. The molecule has 3 heteroatoms. The van der Waals surface area contributed by atoms with E-state index in [9.17, 15) is 0 Å². The molecule has 1 aromatic carbocycles. The van der Waals surface area contributed by atoms with E-state index in [1.54, 1.807) is 0 Å². The Hall–Kier alpha value is -0.795. The molecule has 0 bridgehead atoms. The first-order valence-electron chi connectivity index (χ1n) is 7.65. The molecule has 108 valence electrons. The molecule has 1 aliphatic carbocycles. The minimum Gasteiger partial charge on any atom is -0.403 e. The number of rotatable bonds is 2. The van der Waals surface area contributed by atoms with Crippen molar-refractivity contribution in [1.29, 1.82) is 0 Å². The summed E-state index contributed by atoms with van der Waals surface area (Å²) in [6.07, 6.45) is 1.18. The molecule has 2 nitrogen and oxygen atoms in total. The summed E-state index contributed by atoms with van der Waals surface area (Å²) in [5, 5.41) is 0. The van der Waals surface area contributed by atoms with Crippen molar-refractivity contribution in [2.24, 2.45) is 0 Å². The summed E-state index contributed by atoms with van der Waals surface area (Å²) in [5.74, 6) is 1.11. The molecule has 2 atom stereocenters. The van der Waals surface area contributed by atoms with Crippen LogP contribution >= 0.6 is 0 Å². The lowest BCUT2D eigenvalue weighted by atomic mass is 9.79. The van der Waals surface area contributed by atoms with Crippen LogP contribution in [0.2, 0.25) is 5.82 Å². The molecule has 0 radical (unpaired) electrons. The molecule has 0 aromatic heterocycles. The monoisotopic (exact) mass is 272 g/mol. The molecule has 1 aromatic rings. The van der Waals surface area contributed by atoms with Crippen LogP contribution in [-0.2, 0) is 9.31 Å². The fourth-order valence-corrected chi connectivity index (χ4v) is 3.32. The molecule has 1 saturated heterocycles. The predicted molar refractivity (Wildman–Crippen MR) is 83.1 cm³/mol. The molecule has 0 spiro atoms. The van der Waals surface area contributed by atoms with E-state index in [-0.39, 0.29) is 18.3 Å². The van der Waals surface area contributed by atoms with Crippen molar-refractivity contribution < 1.29 is 9.31 Å². The van der Waals surface area contributed by atoms with Crippen molar-refractivity contribution in [3.05, 3.63) is 34.9 Å². The van der Waals surface area contributed by atoms with Crippen molar-refractivity contribution in [2.45, 2.75) is 70.9 Å². The van der Waals surface area contributed by atoms with Gasteiger partial charge in [0, 0.05) is 5.82 Å². The van der Waals surface area contributed by atoms with Crippen LogP contribution in [0.1, 0.15) is 56.7 Å². The number of benzene rings is 1. The van der Waals surface area contributed by atoms with Gasteiger partial charge in [-0.3, -0.25) is 0 Å². The van der Waals surface area contributed by atoms with E-state index in [4.69, 9.17) is 9.31 Å². The normalized spacial score (nSPS) is 30.6. The van der Waals surface area contributed by atoms with Gasteiger partial charge in [-0.25, -0.2) is 0 Å². The molecule has 1 aliphatic heterocycles. The zero-order valence-corrected chi connectivity index (χ0v) is 13.5. The Kier molecular flexibility index (Phi) is 3.08. The van der Waals surface area contributed by atoms with Gasteiger partial charge >= 0.3 is 7.12 Å². The lowest BCUT2D eigenvalue weighted by Gasteiger charge is -2.32. The highest BCUT2D eigenvalue weighted by molar-refractivity contribution is 6.49. The first-order chi connectivity index (χ1) is 9.23. The molecule has 1 heterocycles. The maximum atomic E-state index is 6.20. The molecule has 3 rings (SSSR count). The Morgan fingerprint density at radius 1 is 1.00 bits per heavy atom. The second kappa shape index (κ2) is 4.35. The van der Waals surface area contributed by atoms with Crippen molar-refractivity contribution in [3.63, 3.8) is 0 Å². The lowest BCUT2D eigenvalue weighted by Crippen LogP contribution is -2.41. The second-order valence-corrected chi connectivity index (χ2v) is 7.44. The summed E-state index contributed by atoms with van der Waals surface area (Å²) in [5.41, 5.74) is 3.87. The van der Waals surface area contributed by atoms with Gasteiger partial charge in [-0.1, -0.05) is 18.2 Å². The fraction of sp³-hybridized carbons (Fsp3) is 0.647. The molecular weight excluding hydrogens is 247 g/mol. The van der Waals surface area contributed by atoms with Crippen LogP contribution in [0.15, 0.2) is 18.2 Å². The Morgan fingerprint density at radius 3 is 2.00 bits per heavy atom. The van der Waals surface area contributed by atoms with Gasteiger partial charge in [-0.2, -0.15) is 0 Å².